The molecule has 3 amide bonds. The van der Waals surface area contributed by atoms with Crippen LogP contribution in [-0.2, 0) is 27.4 Å². The highest BCUT2D eigenvalue weighted by Crippen LogP contribution is 2.26. The molecular formula is C35H51N3O4. The number of carbonyl (C=O) groups is 3. The van der Waals surface area contributed by atoms with E-state index in [0.717, 1.165) is 37.7 Å². The van der Waals surface area contributed by atoms with E-state index in [2.05, 4.69) is 62.6 Å². The minimum absolute atomic E-state index is 0.0511. The van der Waals surface area contributed by atoms with Gasteiger partial charge in [-0.3, -0.25) is 9.59 Å². The first-order valence-corrected chi connectivity index (χ1v) is 15.7. The summed E-state index contributed by atoms with van der Waals surface area (Å²) in [6.45, 7) is 10.8. The van der Waals surface area contributed by atoms with Gasteiger partial charge in [-0.1, -0.05) is 88.4 Å². The van der Waals surface area contributed by atoms with Gasteiger partial charge in [0.15, 0.2) is 0 Å². The van der Waals surface area contributed by atoms with Crippen LogP contribution < -0.4 is 10.6 Å². The van der Waals surface area contributed by atoms with Crippen LogP contribution >= 0.6 is 0 Å². The second kappa shape index (κ2) is 16.9. The van der Waals surface area contributed by atoms with Gasteiger partial charge in [-0.2, -0.15) is 0 Å². The molecule has 1 heterocycles. The Morgan fingerprint density at radius 3 is 2.17 bits per heavy atom. The molecule has 2 aromatic rings. The molecule has 0 spiro atoms. The van der Waals surface area contributed by atoms with Gasteiger partial charge in [0.25, 0.3) is 0 Å². The summed E-state index contributed by atoms with van der Waals surface area (Å²) in [7, 11) is 0. The molecule has 2 N–H and O–H groups in total. The number of alkyl carbamates (subject to hydrolysis) is 1. The summed E-state index contributed by atoms with van der Waals surface area (Å²) in [5, 5.41) is 5.87. The molecule has 1 fully saturated rings. The van der Waals surface area contributed by atoms with Crippen molar-refractivity contribution in [2.45, 2.75) is 91.7 Å². The third kappa shape index (κ3) is 12.7. The Morgan fingerprint density at radius 1 is 0.929 bits per heavy atom. The van der Waals surface area contributed by atoms with Gasteiger partial charge >= 0.3 is 6.09 Å². The molecule has 1 aliphatic rings. The molecule has 0 saturated carbocycles. The lowest BCUT2D eigenvalue weighted by atomic mass is 9.84. The van der Waals surface area contributed by atoms with E-state index in [9.17, 15) is 14.4 Å². The summed E-state index contributed by atoms with van der Waals surface area (Å²) < 4.78 is 5.43. The number of rotatable bonds is 14. The van der Waals surface area contributed by atoms with Crippen LogP contribution in [0.25, 0.3) is 0 Å². The topological polar surface area (TPSA) is 87.7 Å². The number of likely N-dealkylation sites (tertiary alicyclic amines) is 1. The molecule has 7 heteroatoms. The maximum absolute atomic E-state index is 13.6. The van der Waals surface area contributed by atoms with E-state index in [1.165, 1.54) is 5.56 Å². The van der Waals surface area contributed by atoms with Crippen molar-refractivity contribution in [3.63, 3.8) is 0 Å². The predicted octanol–water partition coefficient (Wildman–Crippen LogP) is 6.51. The van der Waals surface area contributed by atoms with E-state index < -0.39 is 12.1 Å². The van der Waals surface area contributed by atoms with Gasteiger partial charge in [-0.15, -0.1) is 0 Å². The highest BCUT2D eigenvalue weighted by atomic mass is 16.5. The lowest BCUT2D eigenvalue weighted by molar-refractivity contribution is -0.135. The quantitative estimate of drug-likeness (QED) is 0.251. The lowest BCUT2D eigenvalue weighted by Crippen LogP contribution is -2.51. The van der Waals surface area contributed by atoms with Crippen LogP contribution in [0, 0.1) is 17.3 Å². The van der Waals surface area contributed by atoms with Gasteiger partial charge in [0.05, 0.1) is 0 Å². The number of hydrogen-bond donors (Lipinski definition) is 2. The van der Waals surface area contributed by atoms with Crippen molar-refractivity contribution < 1.29 is 19.1 Å². The van der Waals surface area contributed by atoms with Gasteiger partial charge in [0.2, 0.25) is 11.8 Å². The van der Waals surface area contributed by atoms with Crippen LogP contribution in [0.1, 0.15) is 83.8 Å². The number of ether oxygens (including phenoxy) is 1. The van der Waals surface area contributed by atoms with Crippen molar-refractivity contribution in [1.29, 1.82) is 0 Å². The standard InChI is InChI=1S/C35H51N3O4/c1-27(25-35(2,3)4)23-32(39)36-20-12-11-17-31(37-34(41)42-26-30-15-9-6-10-16-30)33(40)38-21-18-29(19-22-38)24-28-13-7-5-8-14-28/h5-10,13-16,27,29,31H,11-12,17-26H2,1-4H3,(H,36,39)(H,37,41)/t27-,31-/m1/s1. The first kappa shape index (κ1) is 33.2. The van der Waals surface area contributed by atoms with Gasteiger partial charge in [0.1, 0.15) is 12.6 Å². The first-order valence-electron chi connectivity index (χ1n) is 15.7. The summed E-state index contributed by atoms with van der Waals surface area (Å²) in [6.07, 6.45) is 5.80. The number of piperidine rings is 1. The number of benzene rings is 2. The first-order chi connectivity index (χ1) is 20.1. The van der Waals surface area contributed by atoms with E-state index in [-0.39, 0.29) is 23.8 Å². The molecule has 0 unspecified atom stereocenters. The monoisotopic (exact) mass is 577 g/mol. The number of nitrogens with one attached hydrogen (secondary N) is 2. The third-order valence-electron chi connectivity index (χ3n) is 7.83. The second-order valence-electron chi connectivity index (χ2n) is 13.1. The second-order valence-corrected chi connectivity index (χ2v) is 13.1. The normalized spacial score (nSPS) is 15.5. The average Bonchev–Trinajstić information content (AvgIpc) is 2.95. The van der Waals surface area contributed by atoms with Crippen molar-refractivity contribution in [3.05, 3.63) is 71.8 Å². The zero-order valence-corrected chi connectivity index (χ0v) is 26.1. The third-order valence-corrected chi connectivity index (χ3v) is 7.83. The van der Waals surface area contributed by atoms with Crippen molar-refractivity contribution in [1.82, 2.24) is 15.5 Å². The van der Waals surface area contributed by atoms with Crippen molar-refractivity contribution in [2.75, 3.05) is 19.6 Å². The summed E-state index contributed by atoms with van der Waals surface area (Å²) in [4.78, 5) is 40.5. The van der Waals surface area contributed by atoms with Gasteiger partial charge in [-0.05, 0) is 73.3 Å². The van der Waals surface area contributed by atoms with Crippen molar-refractivity contribution in [3.8, 4) is 0 Å². The number of unbranched alkanes of at least 4 members (excludes halogenated alkanes) is 1. The minimum Gasteiger partial charge on any atom is -0.445 e. The van der Waals surface area contributed by atoms with Gasteiger partial charge in [-0.25, -0.2) is 4.79 Å². The maximum atomic E-state index is 13.6. The summed E-state index contributed by atoms with van der Waals surface area (Å²) in [5.41, 5.74) is 2.43. The van der Waals surface area contributed by atoms with Crippen molar-refractivity contribution in [2.24, 2.45) is 17.3 Å². The molecule has 7 nitrogen and oxygen atoms in total. The maximum Gasteiger partial charge on any atom is 0.408 e. The molecule has 1 saturated heterocycles. The molecule has 0 aromatic heterocycles. The van der Waals surface area contributed by atoms with Gasteiger partial charge in [0, 0.05) is 26.1 Å². The number of amides is 3. The van der Waals surface area contributed by atoms with Crippen LogP contribution in [0.5, 0.6) is 0 Å². The zero-order valence-electron chi connectivity index (χ0n) is 26.1. The summed E-state index contributed by atoms with van der Waals surface area (Å²) >= 11 is 0. The molecule has 3 rings (SSSR count). The smallest absolute Gasteiger partial charge is 0.408 e. The van der Waals surface area contributed by atoms with Crippen molar-refractivity contribution >= 4 is 17.9 Å². The zero-order chi connectivity index (χ0) is 30.4. The fourth-order valence-electron chi connectivity index (χ4n) is 5.90. The van der Waals surface area contributed by atoms with E-state index in [4.69, 9.17) is 4.74 Å². The minimum atomic E-state index is -0.651. The highest BCUT2D eigenvalue weighted by molar-refractivity contribution is 5.85. The largest absolute Gasteiger partial charge is 0.445 e. The molecule has 0 aliphatic carbocycles. The van der Waals surface area contributed by atoms with Crippen LogP contribution in [0.2, 0.25) is 0 Å². The average molecular weight is 578 g/mol. The molecular weight excluding hydrogens is 526 g/mol. The summed E-state index contributed by atoms with van der Waals surface area (Å²) in [6, 6.07) is 19.3. The molecule has 0 bridgehead atoms. The lowest BCUT2D eigenvalue weighted by Gasteiger charge is -2.34. The Kier molecular flexibility index (Phi) is 13.4. The predicted molar refractivity (Wildman–Crippen MR) is 168 cm³/mol. The number of nitrogens with zero attached hydrogens (tertiary/aromatic N) is 1. The Bertz CT molecular complexity index is 1090. The molecule has 0 radical (unpaired) electrons. The van der Waals surface area contributed by atoms with Gasteiger partial charge < -0.3 is 20.3 Å². The Morgan fingerprint density at radius 2 is 1.55 bits per heavy atom. The Labute approximate surface area is 252 Å². The van der Waals surface area contributed by atoms with Crippen LogP contribution in [0.4, 0.5) is 4.79 Å². The van der Waals surface area contributed by atoms with E-state index in [1.807, 2.05) is 41.3 Å². The summed E-state index contributed by atoms with van der Waals surface area (Å²) in [5.74, 6) is 0.897. The molecule has 1 aliphatic heterocycles. The Hall–Kier alpha value is -3.35. The molecule has 230 valence electrons. The fourth-order valence-corrected chi connectivity index (χ4v) is 5.90. The number of hydrogen-bond acceptors (Lipinski definition) is 4. The van der Waals surface area contributed by atoms with E-state index >= 15 is 0 Å². The van der Waals surface area contributed by atoms with E-state index in [1.54, 1.807) is 0 Å². The molecule has 2 atom stereocenters. The SMILES string of the molecule is C[C@H](CC(=O)NCCCC[C@@H](NC(=O)OCc1ccccc1)C(=O)N1CCC(Cc2ccccc2)CC1)CC(C)(C)C. The fraction of sp³-hybridized carbons (Fsp3) is 0.571. The van der Waals surface area contributed by atoms with Crippen LogP contribution in [0.15, 0.2) is 60.7 Å². The highest BCUT2D eigenvalue weighted by Gasteiger charge is 2.29. The van der Waals surface area contributed by atoms with E-state index in [0.29, 0.717) is 50.7 Å². The van der Waals surface area contributed by atoms with Crippen LogP contribution in [-0.4, -0.2) is 48.5 Å². The Balaban J connectivity index is 1.47. The number of carbonyl (C=O) groups excluding carboxylic acids is 3. The molecule has 42 heavy (non-hydrogen) atoms. The van der Waals surface area contributed by atoms with Crippen LogP contribution in [0.3, 0.4) is 0 Å². The molecule has 2 aromatic carbocycles.